The topological polar surface area (TPSA) is 80.5 Å². The number of rotatable bonds is 7. The van der Waals surface area contributed by atoms with Gasteiger partial charge >= 0.3 is 0 Å². The van der Waals surface area contributed by atoms with E-state index in [1.165, 1.54) is 11.3 Å². The number of nitrogen functional groups attached to an aromatic ring is 1. The Labute approximate surface area is 118 Å². The summed E-state index contributed by atoms with van der Waals surface area (Å²) in [4.78, 5) is 18.8. The van der Waals surface area contributed by atoms with Crippen molar-refractivity contribution < 1.29 is 9.53 Å². The molecule has 19 heavy (non-hydrogen) atoms. The van der Waals surface area contributed by atoms with E-state index in [9.17, 15) is 4.79 Å². The number of hydrogen-bond acceptors (Lipinski definition) is 6. The van der Waals surface area contributed by atoms with Crippen LogP contribution in [0.25, 0.3) is 0 Å². The number of aromatic nitrogens is 1. The number of hydrogen-bond donors (Lipinski definition) is 2. The summed E-state index contributed by atoms with van der Waals surface area (Å²) in [5.41, 5.74) is 5.82. The summed E-state index contributed by atoms with van der Waals surface area (Å²) >= 11 is 1.29. The van der Waals surface area contributed by atoms with Gasteiger partial charge in [-0.1, -0.05) is 11.3 Å². The van der Waals surface area contributed by atoms with Gasteiger partial charge in [-0.25, -0.2) is 4.98 Å². The van der Waals surface area contributed by atoms with E-state index in [1.54, 1.807) is 12.0 Å². The second kappa shape index (κ2) is 7.30. The van der Waals surface area contributed by atoms with E-state index in [0.29, 0.717) is 23.2 Å². The van der Waals surface area contributed by atoms with E-state index in [2.05, 4.69) is 10.3 Å². The molecule has 0 saturated heterocycles. The van der Waals surface area contributed by atoms with Crippen LogP contribution in [-0.4, -0.2) is 48.6 Å². The van der Waals surface area contributed by atoms with Gasteiger partial charge in [0.15, 0.2) is 5.13 Å². The van der Waals surface area contributed by atoms with Gasteiger partial charge in [-0.05, 0) is 20.8 Å². The van der Waals surface area contributed by atoms with Crippen molar-refractivity contribution in [2.45, 2.75) is 26.8 Å². The van der Waals surface area contributed by atoms with Gasteiger partial charge in [-0.3, -0.25) is 4.79 Å². The average Bonchev–Trinajstić information content (AvgIpc) is 2.72. The predicted molar refractivity (Wildman–Crippen MR) is 78.7 cm³/mol. The normalized spacial score (nSPS) is 12.2. The maximum absolute atomic E-state index is 12.5. The minimum atomic E-state index is -0.0915. The third-order valence-electron chi connectivity index (χ3n) is 2.72. The fourth-order valence-corrected chi connectivity index (χ4v) is 2.74. The molecule has 1 unspecified atom stereocenters. The maximum atomic E-state index is 12.5. The molecular formula is C12H22N4O2S. The molecule has 1 amide bonds. The fraction of sp³-hybridized carbons (Fsp3) is 0.667. The molecule has 0 spiro atoms. The second-order valence-electron chi connectivity index (χ2n) is 4.16. The summed E-state index contributed by atoms with van der Waals surface area (Å²) in [7, 11) is 1.62. The van der Waals surface area contributed by atoms with E-state index in [4.69, 9.17) is 10.5 Å². The molecule has 1 atom stereocenters. The lowest BCUT2D eigenvalue weighted by molar-refractivity contribution is 0.0584. The monoisotopic (exact) mass is 286 g/mol. The minimum Gasteiger partial charge on any atom is -0.383 e. The first kappa shape index (κ1) is 15.7. The van der Waals surface area contributed by atoms with Crippen LogP contribution in [0.1, 0.15) is 30.4 Å². The van der Waals surface area contributed by atoms with Crippen molar-refractivity contribution in [3.63, 3.8) is 0 Å². The minimum absolute atomic E-state index is 0.00610. The third kappa shape index (κ3) is 3.81. The Morgan fingerprint density at radius 3 is 2.79 bits per heavy atom. The predicted octanol–water partition coefficient (Wildman–Crippen LogP) is 1.65. The SMILES string of the molecule is CCNc1nc(N)c(C(=O)N(CC)C(C)COC)s1. The molecule has 0 aliphatic rings. The highest BCUT2D eigenvalue weighted by atomic mass is 32.1. The molecule has 0 radical (unpaired) electrons. The van der Waals surface area contributed by atoms with Crippen molar-refractivity contribution in [2.75, 3.05) is 37.9 Å². The van der Waals surface area contributed by atoms with E-state index in [-0.39, 0.29) is 17.8 Å². The van der Waals surface area contributed by atoms with Gasteiger partial charge in [0.05, 0.1) is 12.6 Å². The number of carbonyl (C=O) groups is 1. The lowest BCUT2D eigenvalue weighted by Gasteiger charge is -2.27. The molecule has 1 heterocycles. The van der Waals surface area contributed by atoms with Crippen LogP contribution < -0.4 is 11.1 Å². The third-order valence-corrected chi connectivity index (χ3v) is 3.73. The molecule has 1 rings (SSSR count). The van der Waals surface area contributed by atoms with Crippen molar-refractivity contribution >= 4 is 28.2 Å². The van der Waals surface area contributed by atoms with Gasteiger partial charge in [0.1, 0.15) is 10.7 Å². The Hall–Kier alpha value is -1.34. The molecule has 0 aliphatic carbocycles. The Morgan fingerprint density at radius 2 is 2.26 bits per heavy atom. The Morgan fingerprint density at radius 1 is 1.58 bits per heavy atom. The second-order valence-corrected chi connectivity index (χ2v) is 5.16. The summed E-state index contributed by atoms with van der Waals surface area (Å²) in [6.45, 7) is 7.71. The molecule has 3 N–H and O–H groups in total. The van der Waals surface area contributed by atoms with Crippen LogP contribution in [0.4, 0.5) is 10.9 Å². The molecule has 0 aliphatic heterocycles. The lowest BCUT2D eigenvalue weighted by Crippen LogP contribution is -2.40. The first-order chi connectivity index (χ1) is 9.04. The Kier molecular flexibility index (Phi) is 6.04. The van der Waals surface area contributed by atoms with Gasteiger partial charge in [0.25, 0.3) is 5.91 Å². The highest BCUT2D eigenvalue weighted by molar-refractivity contribution is 7.18. The number of methoxy groups -OCH3 is 1. The Bertz CT molecular complexity index is 422. The lowest BCUT2D eigenvalue weighted by atomic mass is 10.2. The summed E-state index contributed by atoms with van der Waals surface area (Å²) in [5.74, 6) is 0.195. The highest BCUT2D eigenvalue weighted by Crippen LogP contribution is 2.26. The number of ether oxygens (including phenoxy) is 1. The van der Waals surface area contributed by atoms with Crippen molar-refractivity contribution in [3.05, 3.63) is 4.88 Å². The zero-order valence-corrected chi connectivity index (χ0v) is 12.7. The molecule has 7 heteroatoms. The van der Waals surface area contributed by atoms with E-state index in [0.717, 1.165) is 6.54 Å². The Balaban J connectivity index is 2.90. The van der Waals surface area contributed by atoms with Crippen molar-refractivity contribution in [1.82, 2.24) is 9.88 Å². The number of carbonyl (C=O) groups excluding carboxylic acids is 1. The molecule has 0 fully saturated rings. The van der Waals surface area contributed by atoms with Gasteiger partial charge in [-0.15, -0.1) is 0 Å². The first-order valence-corrected chi connectivity index (χ1v) is 7.16. The van der Waals surface area contributed by atoms with Crippen molar-refractivity contribution in [3.8, 4) is 0 Å². The number of nitrogens with zero attached hydrogens (tertiary/aromatic N) is 2. The molecule has 0 aromatic carbocycles. The van der Waals surface area contributed by atoms with Crippen LogP contribution in [-0.2, 0) is 4.74 Å². The van der Waals surface area contributed by atoms with Crippen molar-refractivity contribution in [2.24, 2.45) is 0 Å². The molecule has 0 bridgehead atoms. The van der Waals surface area contributed by atoms with E-state index in [1.807, 2.05) is 20.8 Å². The van der Waals surface area contributed by atoms with Gasteiger partial charge in [0.2, 0.25) is 0 Å². The van der Waals surface area contributed by atoms with Gasteiger partial charge in [-0.2, -0.15) is 0 Å². The number of amides is 1. The number of nitrogens with two attached hydrogens (primary N) is 1. The van der Waals surface area contributed by atoms with Crippen LogP contribution >= 0.6 is 11.3 Å². The molecule has 108 valence electrons. The van der Waals surface area contributed by atoms with Gasteiger partial charge < -0.3 is 20.7 Å². The molecule has 1 aromatic rings. The summed E-state index contributed by atoms with van der Waals surface area (Å²) in [5, 5.41) is 3.75. The smallest absolute Gasteiger partial charge is 0.268 e. The summed E-state index contributed by atoms with van der Waals surface area (Å²) < 4.78 is 5.10. The quantitative estimate of drug-likeness (QED) is 0.796. The zero-order valence-electron chi connectivity index (χ0n) is 11.9. The van der Waals surface area contributed by atoms with Crippen LogP contribution in [0.3, 0.4) is 0 Å². The fourth-order valence-electron chi connectivity index (χ4n) is 1.83. The average molecular weight is 286 g/mol. The summed E-state index contributed by atoms with van der Waals surface area (Å²) in [6.07, 6.45) is 0. The molecule has 1 aromatic heterocycles. The van der Waals surface area contributed by atoms with Crippen LogP contribution in [0, 0.1) is 0 Å². The van der Waals surface area contributed by atoms with E-state index < -0.39 is 0 Å². The van der Waals surface area contributed by atoms with Gasteiger partial charge in [0, 0.05) is 20.2 Å². The van der Waals surface area contributed by atoms with E-state index >= 15 is 0 Å². The molecule has 0 saturated carbocycles. The number of likely N-dealkylation sites (N-methyl/N-ethyl adjacent to an activating group) is 1. The van der Waals surface area contributed by atoms with Crippen LogP contribution in [0.2, 0.25) is 0 Å². The maximum Gasteiger partial charge on any atom is 0.268 e. The standard InChI is InChI=1S/C12H22N4O2S/c1-5-14-12-15-10(13)9(19-12)11(17)16(6-2)8(3)7-18-4/h8H,5-7,13H2,1-4H3,(H,14,15). The number of nitrogens with one attached hydrogen (secondary N) is 1. The largest absolute Gasteiger partial charge is 0.383 e. The van der Waals surface area contributed by atoms with Crippen molar-refractivity contribution in [1.29, 1.82) is 0 Å². The first-order valence-electron chi connectivity index (χ1n) is 6.35. The molecular weight excluding hydrogens is 264 g/mol. The molecule has 6 nitrogen and oxygen atoms in total. The summed E-state index contributed by atoms with van der Waals surface area (Å²) in [6, 6.07) is 0.00610. The highest BCUT2D eigenvalue weighted by Gasteiger charge is 2.24. The zero-order chi connectivity index (χ0) is 14.4. The van der Waals surface area contributed by atoms with Crippen LogP contribution in [0.5, 0.6) is 0 Å². The van der Waals surface area contributed by atoms with Crippen LogP contribution in [0.15, 0.2) is 0 Å². The number of anilines is 2. The number of thiazole rings is 1.